The lowest BCUT2D eigenvalue weighted by atomic mass is 10.1. The quantitative estimate of drug-likeness (QED) is 0.822. The third-order valence-electron chi connectivity index (χ3n) is 3.25. The predicted octanol–water partition coefficient (Wildman–Crippen LogP) is 1.93. The van der Waals surface area contributed by atoms with Crippen LogP contribution in [0.3, 0.4) is 0 Å². The topological polar surface area (TPSA) is 74.7 Å². The van der Waals surface area contributed by atoms with Crippen molar-refractivity contribution in [3.63, 3.8) is 0 Å². The third-order valence-corrected chi connectivity index (χ3v) is 3.25. The summed E-state index contributed by atoms with van der Waals surface area (Å²) in [4.78, 5) is 36.5. The molecule has 1 aliphatic rings. The van der Waals surface area contributed by atoms with Gasteiger partial charge in [0.05, 0.1) is 11.1 Å². The average molecular weight is 261 g/mol. The fraction of sp³-hybridized carbons (Fsp3) is 0.357. The number of fused-ring (bicyclic) bond motifs is 1. The minimum absolute atomic E-state index is 0.287. The number of imide groups is 1. The summed E-state index contributed by atoms with van der Waals surface area (Å²) >= 11 is 0. The number of aliphatic carboxylic acids is 1. The van der Waals surface area contributed by atoms with Crippen molar-refractivity contribution in [3.8, 4) is 0 Å². The molecule has 5 heteroatoms. The molecular weight excluding hydrogens is 246 g/mol. The molecule has 1 atom stereocenters. The van der Waals surface area contributed by atoms with E-state index in [0.29, 0.717) is 6.42 Å². The van der Waals surface area contributed by atoms with E-state index in [1.165, 1.54) is 0 Å². The number of carbonyl (C=O) groups is 3. The zero-order valence-corrected chi connectivity index (χ0v) is 10.6. The predicted molar refractivity (Wildman–Crippen MR) is 67.9 cm³/mol. The fourth-order valence-corrected chi connectivity index (χ4v) is 2.25. The van der Waals surface area contributed by atoms with Gasteiger partial charge in [-0.1, -0.05) is 31.9 Å². The van der Waals surface area contributed by atoms with E-state index in [1.54, 1.807) is 24.3 Å². The highest BCUT2D eigenvalue weighted by Gasteiger charge is 2.42. The van der Waals surface area contributed by atoms with E-state index in [9.17, 15) is 19.5 Å². The maximum Gasteiger partial charge on any atom is 0.326 e. The van der Waals surface area contributed by atoms with Crippen molar-refractivity contribution < 1.29 is 19.5 Å². The molecule has 100 valence electrons. The van der Waals surface area contributed by atoms with Crippen LogP contribution >= 0.6 is 0 Å². The van der Waals surface area contributed by atoms with E-state index in [1.807, 2.05) is 6.92 Å². The molecule has 5 nitrogen and oxygen atoms in total. The molecule has 1 heterocycles. The number of hydrogen-bond donors (Lipinski definition) is 1. The van der Waals surface area contributed by atoms with Gasteiger partial charge in [0.15, 0.2) is 0 Å². The molecule has 0 saturated heterocycles. The first kappa shape index (κ1) is 13.3. The van der Waals surface area contributed by atoms with Gasteiger partial charge < -0.3 is 5.11 Å². The third kappa shape index (κ3) is 2.23. The molecule has 0 bridgehead atoms. The average Bonchev–Trinajstić information content (AvgIpc) is 2.64. The summed E-state index contributed by atoms with van der Waals surface area (Å²) in [5.74, 6) is -2.16. The van der Waals surface area contributed by atoms with Gasteiger partial charge in [-0.25, -0.2) is 4.79 Å². The van der Waals surface area contributed by atoms with Gasteiger partial charge >= 0.3 is 5.97 Å². The first-order chi connectivity index (χ1) is 9.07. The minimum Gasteiger partial charge on any atom is -0.480 e. The van der Waals surface area contributed by atoms with Crippen molar-refractivity contribution in [1.29, 1.82) is 0 Å². The van der Waals surface area contributed by atoms with Crippen LogP contribution in [0.2, 0.25) is 0 Å². The monoisotopic (exact) mass is 261 g/mol. The molecule has 0 fully saturated rings. The lowest BCUT2D eigenvalue weighted by Gasteiger charge is -2.22. The molecule has 0 aromatic heterocycles. The Balaban J connectivity index is 2.33. The molecule has 1 aliphatic heterocycles. The van der Waals surface area contributed by atoms with Gasteiger partial charge in [-0.15, -0.1) is 0 Å². The van der Waals surface area contributed by atoms with E-state index < -0.39 is 23.8 Å². The van der Waals surface area contributed by atoms with E-state index in [0.717, 1.165) is 11.3 Å². The number of amides is 2. The van der Waals surface area contributed by atoms with Gasteiger partial charge in [-0.2, -0.15) is 0 Å². The normalized spacial score (nSPS) is 15.5. The molecule has 1 aromatic carbocycles. The number of nitrogens with zero attached hydrogens (tertiary/aromatic N) is 1. The molecule has 1 unspecified atom stereocenters. The fourth-order valence-electron chi connectivity index (χ4n) is 2.25. The first-order valence-electron chi connectivity index (χ1n) is 6.27. The summed E-state index contributed by atoms with van der Waals surface area (Å²) in [6, 6.07) is 5.35. The number of carboxylic acid groups (broad SMARTS) is 1. The van der Waals surface area contributed by atoms with Crippen LogP contribution < -0.4 is 0 Å². The highest BCUT2D eigenvalue weighted by Crippen LogP contribution is 2.26. The van der Waals surface area contributed by atoms with Gasteiger partial charge in [-0.3, -0.25) is 14.5 Å². The van der Waals surface area contributed by atoms with Crippen LogP contribution in [-0.4, -0.2) is 33.8 Å². The van der Waals surface area contributed by atoms with Gasteiger partial charge in [0.25, 0.3) is 11.8 Å². The second-order valence-electron chi connectivity index (χ2n) is 4.52. The summed E-state index contributed by atoms with van der Waals surface area (Å²) in [6.45, 7) is 1.93. The number of carbonyl (C=O) groups excluding carboxylic acids is 2. The summed E-state index contributed by atoms with van der Waals surface area (Å²) in [7, 11) is 0. The number of carboxylic acids is 1. The molecule has 1 aromatic rings. The summed E-state index contributed by atoms with van der Waals surface area (Å²) in [5.41, 5.74) is 0.575. The Kier molecular flexibility index (Phi) is 3.64. The molecule has 0 saturated carbocycles. The Morgan fingerprint density at radius 2 is 1.74 bits per heavy atom. The van der Waals surface area contributed by atoms with E-state index >= 15 is 0 Å². The van der Waals surface area contributed by atoms with Gasteiger partial charge in [0, 0.05) is 0 Å². The van der Waals surface area contributed by atoms with Crippen LogP contribution in [0.25, 0.3) is 0 Å². The van der Waals surface area contributed by atoms with Crippen molar-refractivity contribution in [1.82, 2.24) is 4.90 Å². The molecular formula is C14H15NO4. The van der Waals surface area contributed by atoms with E-state index in [2.05, 4.69) is 0 Å². The standard InChI is InChI=1S/C14H15NO4/c1-2-3-8-11(14(18)19)15-12(16)9-6-4-5-7-10(9)13(15)17/h4-7,11H,2-3,8H2,1H3,(H,18,19). The Morgan fingerprint density at radius 3 is 2.16 bits per heavy atom. The van der Waals surface area contributed by atoms with Crippen molar-refractivity contribution >= 4 is 17.8 Å². The second kappa shape index (κ2) is 5.22. The Bertz CT molecular complexity index is 503. The summed E-state index contributed by atoms with van der Waals surface area (Å²) in [5, 5.41) is 9.23. The van der Waals surface area contributed by atoms with Crippen LogP contribution in [0.15, 0.2) is 24.3 Å². The second-order valence-corrected chi connectivity index (χ2v) is 4.52. The number of rotatable bonds is 5. The van der Waals surface area contributed by atoms with E-state index in [4.69, 9.17) is 0 Å². The van der Waals surface area contributed by atoms with Crippen LogP contribution in [0, 0.1) is 0 Å². The van der Waals surface area contributed by atoms with Crippen LogP contribution in [0.4, 0.5) is 0 Å². The number of hydrogen-bond acceptors (Lipinski definition) is 3. The zero-order chi connectivity index (χ0) is 14.0. The molecule has 2 amide bonds. The summed E-state index contributed by atoms with van der Waals surface area (Å²) in [6.07, 6.45) is 1.76. The number of unbranched alkanes of at least 4 members (excludes halogenated alkanes) is 1. The molecule has 0 spiro atoms. The minimum atomic E-state index is -1.14. The maximum absolute atomic E-state index is 12.2. The van der Waals surface area contributed by atoms with Crippen LogP contribution in [0.5, 0.6) is 0 Å². The van der Waals surface area contributed by atoms with Crippen LogP contribution in [-0.2, 0) is 4.79 Å². The Morgan fingerprint density at radius 1 is 1.21 bits per heavy atom. The van der Waals surface area contributed by atoms with Crippen molar-refractivity contribution in [2.24, 2.45) is 0 Å². The SMILES string of the molecule is CCCCC(C(=O)O)N1C(=O)c2ccccc2C1=O. The first-order valence-corrected chi connectivity index (χ1v) is 6.27. The Labute approximate surface area is 110 Å². The highest BCUT2D eigenvalue weighted by molar-refractivity contribution is 6.22. The highest BCUT2D eigenvalue weighted by atomic mass is 16.4. The molecule has 2 rings (SSSR count). The molecule has 1 N–H and O–H groups in total. The smallest absolute Gasteiger partial charge is 0.326 e. The Hall–Kier alpha value is -2.17. The van der Waals surface area contributed by atoms with E-state index in [-0.39, 0.29) is 17.5 Å². The largest absolute Gasteiger partial charge is 0.480 e. The zero-order valence-electron chi connectivity index (χ0n) is 10.6. The molecule has 0 aliphatic carbocycles. The van der Waals surface area contributed by atoms with Gasteiger partial charge in [0.2, 0.25) is 0 Å². The number of benzene rings is 1. The lowest BCUT2D eigenvalue weighted by Crippen LogP contribution is -2.44. The van der Waals surface area contributed by atoms with Crippen molar-refractivity contribution in [3.05, 3.63) is 35.4 Å². The van der Waals surface area contributed by atoms with Crippen LogP contribution in [0.1, 0.15) is 46.9 Å². The summed E-state index contributed by atoms with van der Waals surface area (Å²) < 4.78 is 0. The molecule has 0 radical (unpaired) electrons. The lowest BCUT2D eigenvalue weighted by molar-refractivity contribution is -0.141. The molecule has 19 heavy (non-hydrogen) atoms. The van der Waals surface area contributed by atoms with Crippen molar-refractivity contribution in [2.45, 2.75) is 32.2 Å². The van der Waals surface area contributed by atoms with Gasteiger partial charge in [-0.05, 0) is 18.6 Å². The van der Waals surface area contributed by atoms with Gasteiger partial charge in [0.1, 0.15) is 6.04 Å². The maximum atomic E-state index is 12.2. The van der Waals surface area contributed by atoms with Crippen molar-refractivity contribution in [2.75, 3.05) is 0 Å².